The number of aromatic nitrogens is 1. The normalized spacial score (nSPS) is 10.9. The Kier molecular flexibility index (Phi) is 6.51. The molecule has 0 saturated carbocycles. The van der Waals surface area contributed by atoms with Crippen LogP contribution in [0.1, 0.15) is 42.4 Å². The van der Waals surface area contributed by atoms with Crippen molar-refractivity contribution in [2.24, 2.45) is 0 Å². The van der Waals surface area contributed by atoms with Crippen LogP contribution in [0.5, 0.6) is 0 Å². The van der Waals surface area contributed by atoms with E-state index in [4.69, 9.17) is 9.84 Å². The average molecular weight is 391 g/mol. The number of carbonyl (C=O) groups excluding carboxylic acids is 2. The molecule has 0 bridgehead atoms. The van der Waals surface area contributed by atoms with Crippen LogP contribution in [0.3, 0.4) is 0 Å². The van der Waals surface area contributed by atoms with Crippen molar-refractivity contribution >= 4 is 34.4 Å². The van der Waals surface area contributed by atoms with E-state index in [2.05, 4.69) is 15.6 Å². The number of nitrogens with zero attached hydrogens (tertiary/aromatic N) is 1. The van der Waals surface area contributed by atoms with E-state index in [9.17, 15) is 14.4 Å². The number of hydrogen-bond acceptors (Lipinski definition) is 6. The summed E-state index contributed by atoms with van der Waals surface area (Å²) in [6.07, 6.45) is 0. The van der Waals surface area contributed by atoms with Gasteiger partial charge >= 0.3 is 18.0 Å². The number of carboxylic acids is 1. The first-order valence-electron chi connectivity index (χ1n) is 8.24. The largest absolute Gasteiger partial charge is 0.478 e. The maximum Gasteiger partial charge on any atom is 0.335 e. The summed E-state index contributed by atoms with van der Waals surface area (Å²) >= 11 is 1.21. The van der Waals surface area contributed by atoms with Gasteiger partial charge in [-0.05, 0) is 38.5 Å². The maximum absolute atomic E-state index is 12.0. The van der Waals surface area contributed by atoms with Crippen molar-refractivity contribution in [1.82, 2.24) is 10.3 Å². The van der Waals surface area contributed by atoms with Gasteiger partial charge in [0.1, 0.15) is 5.41 Å². The highest BCUT2D eigenvalue weighted by Crippen LogP contribution is 2.28. The second kappa shape index (κ2) is 8.63. The lowest BCUT2D eigenvalue weighted by Gasteiger charge is -2.19. The topological polar surface area (TPSA) is 118 Å². The first-order chi connectivity index (χ1) is 12.7. The molecule has 144 valence electrons. The number of nitrogens with one attached hydrogen (secondary N) is 2. The van der Waals surface area contributed by atoms with Gasteiger partial charge in [0.2, 0.25) is 0 Å². The molecule has 0 aliphatic heterocycles. The zero-order chi connectivity index (χ0) is 20.0. The third kappa shape index (κ3) is 5.27. The molecule has 1 heterocycles. The average Bonchev–Trinajstić information content (AvgIpc) is 3.09. The number of anilines is 1. The molecule has 2 amide bonds. The van der Waals surface area contributed by atoms with Crippen molar-refractivity contribution in [2.45, 2.75) is 32.7 Å². The lowest BCUT2D eigenvalue weighted by molar-refractivity contribution is -0.148. The minimum absolute atomic E-state index is 0.183. The fourth-order valence-electron chi connectivity index (χ4n) is 2.12. The smallest absolute Gasteiger partial charge is 0.335 e. The van der Waals surface area contributed by atoms with Gasteiger partial charge in [0.05, 0.1) is 17.9 Å². The summed E-state index contributed by atoms with van der Waals surface area (Å²) in [6, 6.07) is 5.76. The molecular formula is C18H21N3O5S. The van der Waals surface area contributed by atoms with Crippen LogP contribution in [0.4, 0.5) is 9.93 Å². The number of carboxylic acid groups (broad SMARTS) is 1. The lowest BCUT2D eigenvalue weighted by atomic mass is 9.90. The maximum atomic E-state index is 12.0. The van der Waals surface area contributed by atoms with Crippen molar-refractivity contribution < 1.29 is 24.2 Å². The molecule has 3 N–H and O–H groups in total. The Labute approximate surface area is 160 Å². The first-order valence-corrected chi connectivity index (χ1v) is 9.12. The Bertz CT molecular complexity index is 830. The van der Waals surface area contributed by atoms with Gasteiger partial charge in [-0.2, -0.15) is 0 Å². The van der Waals surface area contributed by atoms with Crippen molar-refractivity contribution in [3.05, 3.63) is 46.5 Å². The van der Waals surface area contributed by atoms with Crippen LogP contribution in [0.2, 0.25) is 0 Å². The number of esters is 1. The van der Waals surface area contributed by atoms with Crippen molar-refractivity contribution in [1.29, 1.82) is 0 Å². The van der Waals surface area contributed by atoms with Crippen LogP contribution >= 0.6 is 11.3 Å². The van der Waals surface area contributed by atoms with E-state index in [0.29, 0.717) is 10.8 Å². The van der Waals surface area contributed by atoms with Gasteiger partial charge in [0.15, 0.2) is 5.13 Å². The molecule has 27 heavy (non-hydrogen) atoms. The van der Waals surface area contributed by atoms with Gasteiger partial charge in [-0.15, -0.1) is 11.3 Å². The van der Waals surface area contributed by atoms with Gasteiger partial charge in [0.25, 0.3) is 0 Å². The molecule has 1 aromatic heterocycles. The molecule has 2 aromatic rings. The van der Waals surface area contributed by atoms with Gasteiger partial charge in [0, 0.05) is 11.9 Å². The zero-order valence-corrected chi connectivity index (χ0v) is 16.1. The fourth-order valence-corrected chi connectivity index (χ4v) is 3.00. The van der Waals surface area contributed by atoms with Crippen LogP contribution in [0.25, 0.3) is 0 Å². The highest BCUT2D eigenvalue weighted by molar-refractivity contribution is 7.14. The minimum atomic E-state index is -1.00. The van der Waals surface area contributed by atoms with Crippen molar-refractivity contribution in [3.8, 4) is 0 Å². The SMILES string of the molecule is CCOC(=O)C(C)(C)c1csc(NC(=O)NCc2ccc(C(=O)O)cc2)n1. The van der Waals surface area contributed by atoms with E-state index in [0.717, 1.165) is 5.56 Å². The predicted octanol–water partition coefficient (Wildman–Crippen LogP) is 3.00. The second-order valence-electron chi connectivity index (χ2n) is 6.19. The molecule has 0 fully saturated rings. The van der Waals surface area contributed by atoms with Crippen LogP contribution in [0.15, 0.2) is 29.6 Å². The van der Waals surface area contributed by atoms with E-state index >= 15 is 0 Å². The van der Waals surface area contributed by atoms with Crippen LogP contribution in [-0.2, 0) is 21.5 Å². The van der Waals surface area contributed by atoms with Gasteiger partial charge in [-0.25, -0.2) is 14.6 Å². The summed E-state index contributed by atoms with van der Waals surface area (Å²) in [5.74, 6) is -1.38. The number of ether oxygens (including phenoxy) is 1. The molecule has 0 spiro atoms. The number of rotatable bonds is 7. The number of aromatic carboxylic acids is 1. The fraction of sp³-hybridized carbons (Fsp3) is 0.333. The molecule has 0 saturated heterocycles. The van der Waals surface area contributed by atoms with Crippen molar-refractivity contribution in [3.63, 3.8) is 0 Å². The summed E-state index contributed by atoms with van der Waals surface area (Å²) in [7, 11) is 0. The molecule has 1 aromatic carbocycles. The van der Waals surface area contributed by atoms with Crippen molar-refractivity contribution in [2.75, 3.05) is 11.9 Å². The van der Waals surface area contributed by atoms with Crippen LogP contribution in [0, 0.1) is 0 Å². The number of urea groups is 1. The molecule has 0 aliphatic rings. The van der Waals surface area contributed by atoms with Crippen LogP contribution < -0.4 is 10.6 Å². The molecular weight excluding hydrogens is 370 g/mol. The summed E-state index contributed by atoms with van der Waals surface area (Å²) < 4.78 is 5.05. The van der Waals surface area contributed by atoms with E-state index in [1.54, 1.807) is 38.3 Å². The second-order valence-corrected chi connectivity index (χ2v) is 7.05. The number of thiazole rings is 1. The number of benzene rings is 1. The molecule has 8 nitrogen and oxygen atoms in total. The lowest BCUT2D eigenvalue weighted by Crippen LogP contribution is -2.32. The third-order valence-electron chi connectivity index (χ3n) is 3.80. The standard InChI is InChI=1S/C18H21N3O5S/c1-4-26-15(24)18(2,3)13-10-27-17(20-13)21-16(25)19-9-11-5-7-12(8-6-11)14(22)23/h5-8,10H,4,9H2,1-3H3,(H,22,23)(H2,19,20,21,25). The summed E-state index contributed by atoms with van der Waals surface area (Å²) in [5, 5.41) is 16.2. The monoisotopic (exact) mass is 391 g/mol. The summed E-state index contributed by atoms with van der Waals surface area (Å²) in [5.41, 5.74) is 0.557. The Morgan fingerprint density at radius 2 is 1.89 bits per heavy atom. The molecule has 0 atom stereocenters. The van der Waals surface area contributed by atoms with E-state index < -0.39 is 17.4 Å². The Morgan fingerprint density at radius 3 is 2.48 bits per heavy atom. The Balaban J connectivity index is 1.92. The molecule has 9 heteroatoms. The third-order valence-corrected chi connectivity index (χ3v) is 4.56. The van der Waals surface area contributed by atoms with Crippen LogP contribution in [-0.4, -0.2) is 34.7 Å². The highest BCUT2D eigenvalue weighted by Gasteiger charge is 2.34. The minimum Gasteiger partial charge on any atom is -0.478 e. The molecule has 0 radical (unpaired) electrons. The number of hydrogen-bond donors (Lipinski definition) is 3. The Morgan fingerprint density at radius 1 is 1.22 bits per heavy atom. The predicted molar refractivity (Wildman–Crippen MR) is 101 cm³/mol. The van der Waals surface area contributed by atoms with E-state index in [1.165, 1.54) is 23.5 Å². The number of carbonyl (C=O) groups is 3. The quantitative estimate of drug-likeness (QED) is 0.625. The summed E-state index contributed by atoms with van der Waals surface area (Å²) in [4.78, 5) is 39.2. The first kappa shape index (κ1) is 20.4. The summed E-state index contributed by atoms with van der Waals surface area (Å²) in [6.45, 7) is 5.68. The molecule has 2 rings (SSSR count). The molecule has 0 unspecified atom stereocenters. The highest BCUT2D eigenvalue weighted by atomic mass is 32.1. The van der Waals surface area contributed by atoms with Gasteiger partial charge < -0.3 is 15.2 Å². The van der Waals surface area contributed by atoms with E-state index in [-0.39, 0.29) is 24.7 Å². The Hall–Kier alpha value is -2.94. The number of amides is 2. The van der Waals surface area contributed by atoms with Gasteiger partial charge in [-0.3, -0.25) is 10.1 Å². The molecule has 0 aliphatic carbocycles. The van der Waals surface area contributed by atoms with E-state index in [1.807, 2.05) is 0 Å². The van der Waals surface area contributed by atoms with Gasteiger partial charge in [-0.1, -0.05) is 12.1 Å². The zero-order valence-electron chi connectivity index (χ0n) is 15.2.